The lowest BCUT2D eigenvalue weighted by Crippen LogP contribution is -2.30. The quantitative estimate of drug-likeness (QED) is 0.579. The van der Waals surface area contributed by atoms with Gasteiger partial charge in [0.25, 0.3) is 0 Å². The number of nitro groups is 1. The SMILES string of the molecule is NC(=O)C1CCC(CNc2ccc([N+](=O)[O-])c(OC(F)F)c2)O1. The number of primary amides is 1. The first-order valence-electron chi connectivity index (χ1n) is 6.78. The van der Waals surface area contributed by atoms with Crippen LogP contribution in [0.25, 0.3) is 0 Å². The molecular formula is C13H15F2N3O5. The van der Waals surface area contributed by atoms with Gasteiger partial charge in [-0.15, -0.1) is 0 Å². The van der Waals surface area contributed by atoms with Crippen molar-refractivity contribution in [3.8, 4) is 5.75 Å². The number of nitrogens with one attached hydrogen (secondary N) is 1. The molecule has 0 saturated carbocycles. The molecule has 2 atom stereocenters. The van der Waals surface area contributed by atoms with Gasteiger partial charge in [-0.3, -0.25) is 14.9 Å². The van der Waals surface area contributed by atoms with E-state index in [0.29, 0.717) is 25.1 Å². The lowest BCUT2D eigenvalue weighted by atomic mass is 10.2. The fraction of sp³-hybridized carbons (Fsp3) is 0.462. The minimum absolute atomic E-state index is 0.262. The number of amides is 1. The highest BCUT2D eigenvalue weighted by atomic mass is 19.3. The van der Waals surface area contributed by atoms with Crippen LogP contribution in [0.5, 0.6) is 5.75 Å². The van der Waals surface area contributed by atoms with Gasteiger partial charge in [0.1, 0.15) is 6.10 Å². The van der Waals surface area contributed by atoms with E-state index < -0.39 is 35.0 Å². The Balaban J connectivity index is 2.00. The molecule has 8 nitrogen and oxygen atoms in total. The van der Waals surface area contributed by atoms with Gasteiger partial charge < -0.3 is 20.5 Å². The number of carbonyl (C=O) groups excluding carboxylic acids is 1. The van der Waals surface area contributed by atoms with Crippen molar-refractivity contribution in [3.05, 3.63) is 28.3 Å². The van der Waals surface area contributed by atoms with Crippen LogP contribution in [0.1, 0.15) is 12.8 Å². The van der Waals surface area contributed by atoms with E-state index in [0.717, 1.165) is 12.1 Å². The maximum atomic E-state index is 12.3. The molecule has 1 amide bonds. The summed E-state index contributed by atoms with van der Waals surface area (Å²) < 4.78 is 34.2. The molecule has 1 aliphatic rings. The minimum atomic E-state index is -3.17. The van der Waals surface area contributed by atoms with Crippen molar-refractivity contribution in [2.24, 2.45) is 5.73 Å². The lowest BCUT2D eigenvalue weighted by molar-refractivity contribution is -0.386. The zero-order valence-corrected chi connectivity index (χ0v) is 11.9. The van der Waals surface area contributed by atoms with Crippen molar-refractivity contribution in [2.75, 3.05) is 11.9 Å². The topological polar surface area (TPSA) is 117 Å². The van der Waals surface area contributed by atoms with Crippen molar-refractivity contribution in [1.82, 2.24) is 0 Å². The number of benzene rings is 1. The molecule has 2 unspecified atom stereocenters. The molecule has 23 heavy (non-hydrogen) atoms. The Labute approximate surface area is 129 Å². The van der Waals surface area contributed by atoms with Gasteiger partial charge in [0.05, 0.1) is 11.0 Å². The van der Waals surface area contributed by atoms with Crippen LogP contribution in [0.3, 0.4) is 0 Å². The average Bonchev–Trinajstić information content (AvgIpc) is 2.93. The average molecular weight is 331 g/mol. The molecule has 1 aromatic rings. The Bertz CT molecular complexity index is 599. The van der Waals surface area contributed by atoms with Crippen LogP contribution in [-0.2, 0) is 9.53 Å². The molecule has 1 fully saturated rings. The van der Waals surface area contributed by atoms with E-state index in [1.165, 1.54) is 6.07 Å². The molecule has 1 aliphatic heterocycles. The van der Waals surface area contributed by atoms with Crippen molar-refractivity contribution in [2.45, 2.75) is 31.7 Å². The third kappa shape index (κ3) is 4.49. The van der Waals surface area contributed by atoms with E-state index in [9.17, 15) is 23.7 Å². The zero-order chi connectivity index (χ0) is 17.0. The second-order valence-electron chi connectivity index (χ2n) is 4.93. The molecule has 0 aliphatic carbocycles. The van der Waals surface area contributed by atoms with Crippen LogP contribution in [0, 0.1) is 10.1 Å². The fourth-order valence-corrected chi connectivity index (χ4v) is 2.26. The number of hydrogen-bond acceptors (Lipinski definition) is 6. The molecule has 10 heteroatoms. The van der Waals surface area contributed by atoms with Crippen molar-refractivity contribution < 1.29 is 28.0 Å². The van der Waals surface area contributed by atoms with Crippen LogP contribution >= 0.6 is 0 Å². The van der Waals surface area contributed by atoms with Crippen molar-refractivity contribution in [1.29, 1.82) is 0 Å². The van der Waals surface area contributed by atoms with Gasteiger partial charge >= 0.3 is 12.3 Å². The summed E-state index contributed by atoms with van der Waals surface area (Å²) in [5.74, 6) is -1.06. The van der Waals surface area contributed by atoms with E-state index >= 15 is 0 Å². The van der Waals surface area contributed by atoms with Gasteiger partial charge in [-0.05, 0) is 18.9 Å². The largest absolute Gasteiger partial charge is 0.427 e. The fourth-order valence-electron chi connectivity index (χ4n) is 2.26. The van der Waals surface area contributed by atoms with Gasteiger partial charge in [0.15, 0.2) is 0 Å². The number of hydrogen-bond donors (Lipinski definition) is 2. The highest BCUT2D eigenvalue weighted by molar-refractivity contribution is 5.79. The Hall–Kier alpha value is -2.49. The number of nitrogens with zero attached hydrogens (tertiary/aromatic N) is 1. The second kappa shape index (κ2) is 7.18. The summed E-state index contributed by atoms with van der Waals surface area (Å²) in [5.41, 5.74) is 4.95. The highest BCUT2D eigenvalue weighted by Gasteiger charge is 2.29. The number of alkyl halides is 2. The van der Waals surface area contributed by atoms with Gasteiger partial charge in [-0.1, -0.05) is 0 Å². The molecule has 0 radical (unpaired) electrons. The van der Waals surface area contributed by atoms with E-state index in [1.54, 1.807) is 0 Å². The van der Waals surface area contributed by atoms with E-state index in [-0.39, 0.29) is 6.10 Å². The summed E-state index contributed by atoms with van der Waals surface area (Å²) >= 11 is 0. The highest BCUT2D eigenvalue weighted by Crippen LogP contribution is 2.31. The van der Waals surface area contributed by atoms with E-state index in [1.807, 2.05) is 0 Å². The summed E-state index contributed by atoms with van der Waals surface area (Å²) in [6, 6.07) is 3.56. The minimum Gasteiger partial charge on any atom is -0.427 e. The Kier molecular flexibility index (Phi) is 5.27. The van der Waals surface area contributed by atoms with E-state index in [4.69, 9.17) is 10.5 Å². The van der Waals surface area contributed by atoms with Crippen LogP contribution in [-0.4, -0.2) is 36.2 Å². The van der Waals surface area contributed by atoms with Gasteiger partial charge in [-0.2, -0.15) is 8.78 Å². The van der Waals surface area contributed by atoms with Crippen LogP contribution < -0.4 is 15.8 Å². The molecule has 0 bridgehead atoms. The number of nitrogens with two attached hydrogens (primary N) is 1. The smallest absolute Gasteiger partial charge is 0.387 e. The summed E-state index contributed by atoms with van der Waals surface area (Å²) in [5, 5.41) is 13.7. The molecule has 1 aromatic carbocycles. The standard InChI is InChI=1S/C13H15F2N3O5/c14-13(15)23-11-5-7(1-3-9(11)18(20)21)17-6-8-2-4-10(22-8)12(16)19/h1,3,5,8,10,13,17H,2,4,6H2,(H2,16,19). The first-order valence-corrected chi connectivity index (χ1v) is 6.78. The third-order valence-corrected chi connectivity index (χ3v) is 3.33. The molecular weight excluding hydrogens is 316 g/mol. The Morgan fingerprint density at radius 3 is 2.83 bits per heavy atom. The van der Waals surface area contributed by atoms with Gasteiger partial charge in [0, 0.05) is 24.4 Å². The summed E-state index contributed by atoms with van der Waals surface area (Å²) in [6.45, 7) is -2.87. The number of halogens is 2. The first-order chi connectivity index (χ1) is 10.9. The first kappa shape index (κ1) is 16.9. The molecule has 1 saturated heterocycles. The zero-order valence-electron chi connectivity index (χ0n) is 11.9. The van der Waals surface area contributed by atoms with E-state index in [2.05, 4.69) is 10.1 Å². The second-order valence-corrected chi connectivity index (χ2v) is 4.93. The number of rotatable bonds is 7. The predicted molar refractivity (Wildman–Crippen MR) is 75.3 cm³/mol. The van der Waals surface area contributed by atoms with Crippen LogP contribution in [0.4, 0.5) is 20.2 Å². The number of anilines is 1. The number of nitro benzene ring substituents is 1. The maximum absolute atomic E-state index is 12.3. The Morgan fingerprint density at radius 2 is 2.26 bits per heavy atom. The van der Waals surface area contributed by atoms with Crippen molar-refractivity contribution >= 4 is 17.3 Å². The predicted octanol–water partition coefficient (Wildman–Crippen LogP) is 1.64. The molecule has 3 N–H and O–H groups in total. The summed E-state index contributed by atoms with van der Waals surface area (Å²) in [4.78, 5) is 21.0. The van der Waals surface area contributed by atoms with Crippen molar-refractivity contribution in [3.63, 3.8) is 0 Å². The third-order valence-electron chi connectivity index (χ3n) is 3.33. The maximum Gasteiger partial charge on any atom is 0.387 e. The normalized spacial score (nSPS) is 20.5. The molecule has 1 heterocycles. The Morgan fingerprint density at radius 1 is 1.52 bits per heavy atom. The van der Waals surface area contributed by atoms with Gasteiger partial charge in [0.2, 0.25) is 11.7 Å². The van der Waals surface area contributed by atoms with Gasteiger partial charge in [-0.25, -0.2) is 0 Å². The lowest BCUT2D eigenvalue weighted by Gasteiger charge is -2.14. The number of carbonyl (C=O) groups is 1. The van der Waals surface area contributed by atoms with Crippen LogP contribution in [0.15, 0.2) is 18.2 Å². The van der Waals surface area contributed by atoms with Crippen LogP contribution in [0.2, 0.25) is 0 Å². The molecule has 0 aromatic heterocycles. The number of ether oxygens (including phenoxy) is 2. The molecule has 0 spiro atoms. The molecule has 2 rings (SSSR count). The molecule has 126 valence electrons. The summed E-state index contributed by atoms with van der Waals surface area (Å²) in [7, 11) is 0. The summed E-state index contributed by atoms with van der Waals surface area (Å²) in [6.07, 6.45) is 0.244. The monoisotopic (exact) mass is 331 g/mol.